The Hall–Kier alpha value is -2.62. The van der Waals surface area contributed by atoms with Crippen LogP contribution in [0.4, 0.5) is 4.39 Å². The summed E-state index contributed by atoms with van der Waals surface area (Å²) in [6.07, 6.45) is 1.90. The zero-order chi connectivity index (χ0) is 25.4. The van der Waals surface area contributed by atoms with Gasteiger partial charge in [-0.2, -0.15) is 0 Å². The van der Waals surface area contributed by atoms with Gasteiger partial charge in [-0.05, 0) is 54.4 Å². The summed E-state index contributed by atoms with van der Waals surface area (Å²) >= 11 is 0. The van der Waals surface area contributed by atoms with Crippen molar-refractivity contribution in [2.24, 2.45) is 0 Å². The summed E-state index contributed by atoms with van der Waals surface area (Å²) in [5, 5.41) is 11.0. The fourth-order valence-electron chi connectivity index (χ4n) is 4.48. The van der Waals surface area contributed by atoms with Crippen molar-refractivity contribution in [3.05, 3.63) is 83.2 Å². The minimum absolute atomic E-state index is 0.283. The van der Waals surface area contributed by atoms with Crippen LogP contribution >= 0.6 is 8.58 Å². The second-order valence-electron chi connectivity index (χ2n) is 8.70. The lowest BCUT2D eigenvalue weighted by molar-refractivity contribution is 0.200. The summed E-state index contributed by atoms with van der Waals surface area (Å²) in [7, 11) is 3.56. The van der Waals surface area contributed by atoms with Crippen LogP contribution < -0.4 is 19.5 Å². The van der Waals surface area contributed by atoms with E-state index in [1.54, 1.807) is 27.2 Å². The molecule has 3 aromatic rings. The molecule has 0 saturated carbocycles. The molecule has 1 N–H and O–H groups in total. The van der Waals surface area contributed by atoms with E-state index in [1.807, 2.05) is 42.5 Å². The van der Waals surface area contributed by atoms with Crippen molar-refractivity contribution >= 4 is 13.9 Å². The molecular formula is C29H36FO4P. The number of aliphatic hydroxyl groups excluding tert-OH is 1. The third-order valence-electron chi connectivity index (χ3n) is 6.34. The van der Waals surface area contributed by atoms with Crippen LogP contribution in [0.5, 0.6) is 17.2 Å². The maximum Gasteiger partial charge on any atom is 0.166 e. The third-order valence-corrected chi connectivity index (χ3v) is 8.42. The van der Waals surface area contributed by atoms with E-state index in [2.05, 4.69) is 13.8 Å². The standard InChI is InChI=1S/C29H36FO4P/c1-6-15-29(7-2,35-27-14-13-22(30)16-24(27)20(3)31)25-17-23(32-4)18-26(33-5)28(25)34-19-21-11-9-8-10-12-21/h8-14,16-18,20,31,35H,6-7,15,19H2,1-5H3. The first kappa shape index (κ1) is 27.0. The predicted molar refractivity (Wildman–Crippen MR) is 142 cm³/mol. The minimum atomic E-state index is -0.766. The van der Waals surface area contributed by atoms with Gasteiger partial charge in [-0.1, -0.05) is 65.2 Å². The van der Waals surface area contributed by atoms with Crippen molar-refractivity contribution < 1.29 is 23.7 Å². The lowest BCUT2D eigenvalue weighted by Gasteiger charge is -2.36. The topological polar surface area (TPSA) is 47.9 Å². The smallest absolute Gasteiger partial charge is 0.166 e. The first-order valence-corrected chi connectivity index (χ1v) is 13.1. The molecule has 35 heavy (non-hydrogen) atoms. The number of ether oxygens (including phenoxy) is 3. The second kappa shape index (κ2) is 12.4. The zero-order valence-corrected chi connectivity index (χ0v) is 22.2. The highest BCUT2D eigenvalue weighted by Gasteiger charge is 2.36. The number of aliphatic hydroxyl groups is 1. The summed E-state index contributed by atoms with van der Waals surface area (Å²) in [5.74, 6) is 1.66. The monoisotopic (exact) mass is 498 g/mol. The van der Waals surface area contributed by atoms with Crippen LogP contribution in [-0.2, 0) is 11.8 Å². The van der Waals surface area contributed by atoms with Crippen LogP contribution in [0, 0.1) is 5.82 Å². The van der Waals surface area contributed by atoms with Crippen LogP contribution in [0.1, 0.15) is 62.8 Å². The van der Waals surface area contributed by atoms with E-state index in [0.717, 1.165) is 35.7 Å². The molecular weight excluding hydrogens is 462 g/mol. The van der Waals surface area contributed by atoms with E-state index < -0.39 is 6.10 Å². The van der Waals surface area contributed by atoms with Crippen LogP contribution in [0.15, 0.2) is 60.7 Å². The second-order valence-corrected chi connectivity index (χ2v) is 10.4. The summed E-state index contributed by atoms with van der Waals surface area (Å²) in [6.45, 7) is 6.42. The molecule has 188 valence electrons. The Morgan fingerprint density at radius 2 is 1.74 bits per heavy atom. The molecule has 0 heterocycles. The van der Waals surface area contributed by atoms with Gasteiger partial charge in [0.15, 0.2) is 11.5 Å². The molecule has 6 heteroatoms. The van der Waals surface area contributed by atoms with Gasteiger partial charge >= 0.3 is 0 Å². The van der Waals surface area contributed by atoms with Crippen molar-refractivity contribution in [1.82, 2.24) is 0 Å². The van der Waals surface area contributed by atoms with Crippen LogP contribution in [0.25, 0.3) is 0 Å². The summed E-state index contributed by atoms with van der Waals surface area (Å²) in [5.41, 5.74) is 2.69. The van der Waals surface area contributed by atoms with Crippen LogP contribution in [0.2, 0.25) is 0 Å². The maximum atomic E-state index is 14.1. The Balaban J connectivity index is 2.17. The molecule has 0 radical (unpaired) electrons. The summed E-state index contributed by atoms with van der Waals surface area (Å²) in [6, 6.07) is 18.6. The molecule has 3 rings (SSSR count). The average molecular weight is 499 g/mol. The Labute approximate surface area is 210 Å². The van der Waals surface area contributed by atoms with E-state index in [9.17, 15) is 9.50 Å². The molecule has 3 aromatic carbocycles. The minimum Gasteiger partial charge on any atom is -0.497 e. The largest absolute Gasteiger partial charge is 0.497 e. The number of rotatable bonds is 12. The van der Waals surface area contributed by atoms with E-state index in [-0.39, 0.29) is 19.6 Å². The first-order chi connectivity index (χ1) is 16.9. The zero-order valence-electron chi connectivity index (χ0n) is 21.2. The highest BCUT2D eigenvalue weighted by atomic mass is 31.1. The van der Waals surface area contributed by atoms with Crippen molar-refractivity contribution in [3.63, 3.8) is 0 Å². The Kier molecular flexibility index (Phi) is 9.54. The molecule has 0 aliphatic heterocycles. The maximum absolute atomic E-state index is 14.1. The van der Waals surface area contributed by atoms with Crippen LogP contribution in [-0.4, -0.2) is 19.3 Å². The number of hydrogen-bond acceptors (Lipinski definition) is 4. The van der Waals surface area contributed by atoms with E-state index >= 15 is 0 Å². The Bertz CT molecular complexity index is 1100. The molecule has 3 unspecified atom stereocenters. The fourth-order valence-corrected chi connectivity index (χ4v) is 6.46. The molecule has 0 aliphatic carbocycles. The van der Waals surface area contributed by atoms with Gasteiger partial charge in [-0.15, -0.1) is 0 Å². The molecule has 0 fully saturated rings. The van der Waals surface area contributed by atoms with Gasteiger partial charge in [0.2, 0.25) is 0 Å². The molecule has 0 aliphatic rings. The molecule has 0 spiro atoms. The number of benzene rings is 3. The van der Waals surface area contributed by atoms with Crippen molar-refractivity contribution in [2.75, 3.05) is 14.2 Å². The van der Waals surface area contributed by atoms with Gasteiger partial charge in [0.25, 0.3) is 0 Å². The number of hydrogen-bond donors (Lipinski definition) is 1. The lowest BCUT2D eigenvalue weighted by Crippen LogP contribution is -2.25. The summed E-state index contributed by atoms with van der Waals surface area (Å²) in [4.78, 5) is 0. The van der Waals surface area contributed by atoms with Gasteiger partial charge in [0.05, 0.1) is 20.3 Å². The highest BCUT2D eigenvalue weighted by molar-refractivity contribution is 7.48. The fraction of sp³-hybridized carbons (Fsp3) is 0.379. The third kappa shape index (κ3) is 6.34. The SMILES string of the molecule is CCCC(CC)(Pc1ccc(F)cc1C(C)O)c1cc(OC)cc(OC)c1OCc1ccccc1. The van der Waals surface area contributed by atoms with Crippen molar-refractivity contribution in [3.8, 4) is 17.2 Å². The summed E-state index contributed by atoms with van der Waals surface area (Å²) < 4.78 is 31.9. The van der Waals surface area contributed by atoms with Gasteiger partial charge in [-0.3, -0.25) is 0 Å². The van der Waals surface area contributed by atoms with Gasteiger partial charge in [-0.25, -0.2) is 4.39 Å². The molecule has 0 aromatic heterocycles. The van der Waals surface area contributed by atoms with Gasteiger partial charge in [0.1, 0.15) is 18.2 Å². The highest BCUT2D eigenvalue weighted by Crippen LogP contribution is 2.54. The molecule has 0 bridgehead atoms. The van der Waals surface area contributed by atoms with E-state index in [0.29, 0.717) is 29.4 Å². The average Bonchev–Trinajstić information content (AvgIpc) is 2.88. The quantitative estimate of drug-likeness (QED) is 0.277. The first-order valence-electron chi connectivity index (χ1n) is 12.1. The van der Waals surface area contributed by atoms with Crippen LogP contribution in [0.3, 0.4) is 0 Å². The lowest BCUT2D eigenvalue weighted by atomic mass is 9.89. The van der Waals surface area contributed by atoms with Crippen molar-refractivity contribution in [2.45, 2.75) is 57.9 Å². The van der Waals surface area contributed by atoms with Gasteiger partial charge < -0.3 is 19.3 Å². The number of methoxy groups -OCH3 is 2. The Morgan fingerprint density at radius 3 is 2.34 bits per heavy atom. The molecule has 0 saturated heterocycles. The predicted octanol–water partition coefficient (Wildman–Crippen LogP) is 6.88. The van der Waals surface area contributed by atoms with Gasteiger partial charge in [0, 0.05) is 16.8 Å². The van der Waals surface area contributed by atoms with Crippen molar-refractivity contribution in [1.29, 1.82) is 0 Å². The Morgan fingerprint density at radius 1 is 1.00 bits per heavy atom. The normalized spacial score (nSPS) is 14.0. The number of halogens is 1. The van der Waals surface area contributed by atoms with E-state index in [1.165, 1.54) is 12.1 Å². The molecule has 4 nitrogen and oxygen atoms in total. The van der Waals surface area contributed by atoms with E-state index in [4.69, 9.17) is 14.2 Å². The molecule has 0 amide bonds. The molecule has 3 atom stereocenters.